The van der Waals surface area contributed by atoms with Crippen LogP contribution in [-0.2, 0) is 41.7 Å². The molecule has 0 bridgehead atoms. The summed E-state index contributed by atoms with van der Waals surface area (Å²) in [5.74, 6) is -1.92. The van der Waals surface area contributed by atoms with E-state index in [4.69, 9.17) is 23.7 Å². The predicted octanol–water partition coefficient (Wildman–Crippen LogP) is 4.12. The molecule has 3 heterocycles. The Labute approximate surface area is 234 Å². The fraction of sp³-hybridized carbons (Fsp3) is 0.500. The van der Waals surface area contributed by atoms with Crippen LogP contribution in [0.25, 0.3) is 0 Å². The quantitative estimate of drug-likeness (QED) is 0.390. The maximum Gasteiger partial charge on any atom is 0.410 e. The molecule has 0 radical (unpaired) electrons. The van der Waals surface area contributed by atoms with E-state index in [1.54, 1.807) is 4.90 Å². The molecule has 0 saturated carbocycles. The molecule has 3 aliphatic heterocycles. The summed E-state index contributed by atoms with van der Waals surface area (Å²) in [6.07, 6.45) is -0.0598. The van der Waals surface area contributed by atoms with Gasteiger partial charge in [0.2, 0.25) is 0 Å². The third-order valence-electron chi connectivity index (χ3n) is 7.98. The molecule has 40 heavy (non-hydrogen) atoms. The van der Waals surface area contributed by atoms with Crippen LogP contribution in [0.3, 0.4) is 0 Å². The maximum atomic E-state index is 13.7. The minimum absolute atomic E-state index is 0.0772. The topological polar surface area (TPSA) is 104 Å². The van der Waals surface area contributed by atoms with Gasteiger partial charge in [0.25, 0.3) is 0 Å². The number of ether oxygens (including phenoxy) is 5. The Morgan fingerprint density at radius 2 is 1.48 bits per heavy atom. The van der Waals surface area contributed by atoms with E-state index in [1.165, 1.54) is 12.0 Å². The van der Waals surface area contributed by atoms with Gasteiger partial charge in [-0.05, 0) is 24.5 Å². The van der Waals surface area contributed by atoms with Crippen molar-refractivity contribution in [1.29, 1.82) is 0 Å². The monoisotopic (exact) mass is 552 g/mol. The summed E-state index contributed by atoms with van der Waals surface area (Å²) in [4.78, 5) is 43.0. The number of hydrogen-bond donors (Lipinski definition) is 0. The number of fused-ring (bicyclic) bond motifs is 2. The Kier molecular flexibility index (Phi) is 8.56. The van der Waals surface area contributed by atoms with Gasteiger partial charge in [0.15, 0.2) is 5.79 Å². The van der Waals surface area contributed by atoms with Gasteiger partial charge in [-0.1, -0.05) is 60.7 Å². The molecule has 2 aromatic rings. The lowest BCUT2D eigenvalue weighted by Gasteiger charge is -2.53. The van der Waals surface area contributed by atoms with Gasteiger partial charge in [-0.2, -0.15) is 0 Å². The summed E-state index contributed by atoms with van der Waals surface area (Å²) in [5, 5.41) is 0. The van der Waals surface area contributed by atoms with Gasteiger partial charge in [0.05, 0.1) is 44.7 Å². The van der Waals surface area contributed by atoms with Crippen molar-refractivity contribution in [3.05, 3.63) is 71.8 Å². The number of methoxy groups -OCH3 is 1. The van der Waals surface area contributed by atoms with E-state index in [0.29, 0.717) is 19.6 Å². The van der Waals surface area contributed by atoms with Crippen LogP contribution < -0.4 is 0 Å². The van der Waals surface area contributed by atoms with Crippen molar-refractivity contribution in [2.75, 3.05) is 26.9 Å². The number of piperidine rings is 1. The molecule has 0 aromatic heterocycles. The molecule has 2 aromatic carbocycles. The van der Waals surface area contributed by atoms with Crippen molar-refractivity contribution in [2.24, 2.45) is 5.92 Å². The summed E-state index contributed by atoms with van der Waals surface area (Å²) in [7, 11) is 1.30. The van der Waals surface area contributed by atoms with Crippen LogP contribution >= 0.6 is 0 Å². The summed E-state index contributed by atoms with van der Waals surface area (Å²) in [5.41, 5.74) is 1.70. The Morgan fingerprint density at radius 1 is 0.900 bits per heavy atom. The standard InChI is InChI=1S/C30H36N2O8/c1-21-17-30(39-14-9-15-40-30)24-18-31(28(34)37-19-22-10-5-3-6-11-22)25(16-26(33)36-2)27(24)32(21)29(35)38-20-23-12-7-4-8-13-23/h3-8,10-13,21,24-25,27H,9,14-20H2,1-2H3/t21-,24+,25-,27-/m1/s1. The van der Waals surface area contributed by atoms with E-state index in [1.807, 2.05) is 67.6 Å². The van der Waals surface area contributed by atoms with Gasteiger partial charge in [-0.3, -0.25) is 9.69 Å². The van der Waals surface area contributed by atoms with Crippen LogP contribution in [0, 0.1) is 5.92 Å². The summed E-state index contributed by atoms with van der Waals surface area (Å²) < 4.78 is 29.0. The van der Waals surface area contributed by atoms with Crippen LogP contribution in [-0.4, -0.2) is 78.7 Å². The fourth-order valence-corrected chi connectivity index (χ4v) is 6.16. The second kappa shape index (κ2) is 12.3. The van der Waals surface area contributed by atoms with E-state index in [-0.39, 0.29) is 32.2 Å². The third-order valence-corrected chi connectivity index (χ3v) is 7.98. The van der Waals surface area contributed by atoms with Crippen molar-refractivity contribution < 1.29 is 38.1 Å². The molecular formula is C30H36N2O8. The normalized spacial score (nSPS) is 25.2. The lowest BCUT2D eigenvalue weighted by molar-refractivity contribution is -0.317. The minimum atomic E-state index is -0.999. The molecular weight excluding hydrogens is 516 g/mol. The molecule has 214 valence electrons. The molecule has 0 aliphatic carbocycles. The molecule has 10 heteroatoms. The Hall–Kier alpha value is -3.63. The number of carbonyl (C=O) groups is 3. The van der Waals surface area contributed by atoms with Gasteiger partial charge >= 0.3 is 18.2 Å². The number of amides is 2. The highest BCUT2D eigenvalue weighted by Crippen LogP contribution is 2.48. The van der Waals surface area contributed by atoms with E-state index in [2.05, 4.69) is 0 Å². The van der Waals surface area contributed by atoms with Gasteiger partial charge in [0, 0.05) is 19.0 Å². The largest absolute Gasteiger partial charge is 0.469 e. The molecule has 0 N–H and O–H groups in total. The molecule has 2 amide bonds. The summed E-state index contributed by atoms with van der Waals surface area (Å²) in [6, 6.07) is 17.1. The smallest absolute Gasteiger partial charge is 0.410 e. The maximum absolute atomic E-state index is 13.7. The van der Waals surface area contributed by atoms with Gasteiger partial charge < -0.3 is 28.6 Å². The number of rotatable bonds is 6. The molecule has 3 aliphatic rings. The first-order chi connectivity index (χ1) is 19.4. The van der Waals surface area contributed by atoms with Crippen molar-refractivity contribution >= 4 is 18.2 Å². The average molecular weight is 553 g/mol. The summed E-state index contributed by atoms with van der Waals surface area (Å²) >= 11 is 0. The zero-order valence-electron chi connectivity index (χ0n) is 22.9. The van der Waals surface area contributed by atoms with Gasteiger partial charge in [-0.25, -0.2) is 9.59 Å². The number of hydrogen-bond acceptors (Lipinski definition) is 8. The Bertz CT molecular complexity index is 1170. The second-order valence-corrected chi connectivity index (χ2v) is 10.5. The van der Waals surface area contributed by atoms with Crippen LogP contribution in [0.4, 0.5) is 9.59 Å². The lowest BCUT2D eigenvalue weighted by Crippen LogP contribution is -2.66. The highest BCUT2D eigenvalue weighted by Gasteiger charge is 2.63. The van der Waals surface area contributed by atoms with Crippen molar-refractivity contribution in [1.82, 2.24) is 9.80 Å². The highest BCUT2D eigenvalue weighted by atomic mass is 16.7. The first-order valence-corrected chi connectivity index (χ1v) is 13.7. The van der Waals surface area contributed by atoms with Crippen LogP contribution in [0.1, 0.15) is 37.3 Å². The highest BCUT2D eigenvalue weighted by molar-refractivity contribution is 5.75. The van der Waals surface area contributed by atoms with E-state index >= 15 is 0 Å². The SMILES string of the molecule is COC(=O)C[C@@H]1[C@H]2[C@H](CN1C(=O)OCc1ccccc1)C1(C[C@@H](C)N2C(=O)OCc2ccccc2)OCCCO1. The lowest BCUT2D eigenvalue weighted by atomic mass is 9.79. The minimum Gasteiger partial charge on any atom is -0.469 e. The molecule has 3 fully saturated rings. The van der Waals surface area contributed by atoms with E-state index in [0.717, 1.165) is 17.5 Å². The van der Waals surface area contributed by atoms with E-state index < -0.39 is 41.9 Å². The zero-order chi connectivity index (χ0) is 28.1. The predicted molar refractivity (Wildman–Crippen MR) is 143 cm³/mol. The number of esters is 1. The van der Waals surface area contributed by atoms with Gasteiger partial charge in [-0.15, -0.1) is 0 Å². The molecule has 1 spiro atoms. The van der Waals surface area contributed by atoms with Gasteiger partial charge in [0.1, 0.15) is 13.2 Å². The van der Waals surface area contributed by atoms with E-state index in [9.17, 15) is 14.4 Å². The van der Waals surface area contributed by atoms with Crippen molar-refractivity contribution in [3.63, 3.8) is 0 Å². The van der Waals surface area contributed by atoms with Crippen molar-refractivity contribution in [2.45, 2.75) is 63.3 Å². The molecule has 4 atom stereocenters. The third kappa shape index (κ3) is 5.78. The second-order valence-electron chi connectivity index (χ2n) is 10.5. The van der Waals surface area contributed by atoms with Crippen LogP contribution in [0.2, 0.25) is 0 Å². The summed E-state index contributed by atoms with van der Waals surface area (Å²) in [6.45, 7) is 3.30. The number of nitrogens with zero attached hydrogens (tertiary/aromatic N) is 2. The van der Waals surface area contributed by atoms with Crippen LogP contribution in [0.15, 0.2) is 60.7 Å². The number of likely N-dealkylation sites (tertiary alicyclic amines) is 2. The first kappa shape index (κ1) is 27.9. The first-order valence-electron chi connectivity index (χ1n) is 13.7. The zero-order valence-corrected chi connectivity index (χ0v) is 22.9. The average Bonchev–Trinajstić information content (AvgIpc) is 3.36. The molecule has 0 unspecified atom stereocenters. The van der Waals surface area contributed by atoms with Crippen molar-refractivity contribution in [3.8, 4) is 0 Å². The Morgan fingerprint density at radius 3 is 2.05 bits per heavy atom. The fourth-order valence-electron chi connectivity index (χ4n) is 6.16. The van der Waals surface area contributed by atoms with Crippen LogP contribution in [0.5, 0.6) is 0 Å². The molecule has 5 rings (SSSR count). The molecule has 10 nitrogen and oxygen atoms in total. The Balaban J connectivity index is 1.44. The molecule has 3 saturated heterocycles. The number of carbonyl (C=O) groups excluding carboxylic acids is 3. The number of benzene rings is 2.